The number of nitrogens with one attached hydrogen (secondary N) is 1. The van der Waals surface area contributed by atoms with Crippen LogP contribution in [0.4, 0.5) is 0 Å². The van der Waals surface area contributed by atoms with Crippen LogP contribution in [-0.2, 0) is 6.54 Å². The molecule has 0 aromatic carbocycles. The summed E-state index contributed by atoms with van der Waals surface area (Å²) in [6, 6.07) is 1.01. The summed E-state index contributed by atoms with van der Waals surface area (Å²) in [5.41, 5.74) is 5.82. The second-order valence-corrected chi connectivity index (χ2v) is 3.89. The fraction of sp³-hybridized carbons (Fsp3) is 0.778. The molecule has 2 unspecified atom stereocenters. The molecule has 1 aliphatic carbocycles. The molecule has 2 atom stereocenters. The van der Waals surface area contributed by atoms with Gasteiger partial charge in [-0.2, -0.15) is 0 Å². The first-order valence-corrected chi connectivity index (χ1v) is 5.17. The third kappa shape index (κ3) is 2.52. The average Bonchev–Trinajstić information content (AvgIpc) is 2.77. The molecule has 3 N–H and O–H groups in total. The molecule has 5 heteroatoms. The zero-order valence-electron chi connectivity index (χ0n) is 8.26. The molecule has 0 radical (unpaired) electrons. The molecule has 78 valence electrons. The maximum Gasteiger partial charge on any atom is 0.0692 e. The lowest BCUT2D eigenvalue weighted by Crippen LogP contribution is -2.31. The van der Waals surface area contributed by atoms with Crippen molar-refractivity contribution in [3.05, 3.63) is 12.4 Å². The van der Waals surface area contributed by atoms with E-state index >= 15 is 0 Å². The minimum absolute atomic E-state index is 0.402. The smallest absolute Gasteiger partial charge is 0.0692 e. The molecule has 1 heterocycles. The lowest BCUT2D eigenvalue weighted by atomic mass is 10.2. The Balaban J connectivity index is 1.64. The van der Waals surface area contributed by atoms with Crippen LogP contribution in [0.25, 0.3) is 0 Å². The first-order chi connectivity index (χ1) is 6.84. The number of hydrogen-bond donors (Lipinski definition) is 2. The molecule has 1 aliphatic rings. The van der Waals surface area contributed by atoms with E-state index in [0.29, 0.717) is 12.1 Å². The highest BCUT2D eigenvalue weighted by atomic mass is 15.4. The number of nitrogens with zero attached hydrogens (tertiary/aromatic N) is 3. The molecule has 0 bridgehead atoms. The number of nitrogens with two attached hydrogens (primary N) is 1. The number of aromatic nitrogens is 3. The van der Waals surface area contributed by atoms with E-state index < -0.39 is 0 Å². The van der Waals surface area contributed by atoms with Crippen molar-refractivity contribution < 1.29 is 0 Å². The summed E-state index contributed by atoms with van der Waals surface area (Å²) in [4.78, 5) is 0. The van der Waals surface area contributed by atoms with Crippen LogP contribution in [0.2, 0.25) is 0 Å². The van der Waals surface area contributed by atoms with Crippen molar-refractivity contribution in [3.63, 3.8) is 0 Å². The maximum absolute atomic E-state index is 5.82. The third-order valence-electron chi connectivity index (χ3n) is 2.72. The van der Waals surface area contributed by atoms with Crippen molar-refractivity contribution in [3.8, 4) is 0 Å². The molecule has 2 rings (SSSR count). The van der Waals surface area contributed by atoms with Gasteiger partial charge in [0.1, 0.15) is 0 Å². The largest absolute Gasteiger partial charge is 0.328 e. The van der Waals surface area contributed by atoms with Crippen LogP contribution in [0.1, 0.15) is 19.3 Å². The topological polar surface area (TPSA) is 68.8 Å². The Labute approximate surface area is 83.7 Å². The van der Waals surface area contributed by atoms with Crippen LogP contribution >= 0.6 is 0 Å². The molecule has 1 aromatic heterocycles. The van der Waals surface area contributed by atoms with E-state index in [-0.39, 0.29) is 0 Å². The molecule has 1 aromatic rings. The van der Waals surface area contributed by atoms with E-state index in [1.165, 1.54) is 6.42 Å². The zero-order valence-corrected chi connectivity index (χ0v) is 8.26. The van der Waals surface area contributed by atoms with Gasteiger partial charge in [0.25, 0.3) is 0 Å². The van der Waals surface area contributed by atoms with Crippen LogP contribution in [0, 0.1) is 0 Å². The van der Waals surface area contributed by atoms with E-state index in [2.05, 4.69) is 15.6 Å². The van der Waals surface area contributed by atoms with Gasteiger partial charge in [0, 0.05) is 24.8 Å². The maximum atomic E-state index is 5.82. The highest BCUT2D eigenvalue weighted by molar-refractivity contribution is 4.82. The van der Waals surface area contributed by atoms with E-state index in [1.54, 1.807) is 6.20 Å². The second-order valence-electron chi connectivity index (χ2n) is 3.89. The lowest BCUT2D eigenvalue weighted by Gasteiger charge is -2.11. The highest BCUT2D eigenvalue weighted by Crippen LogP contribution is 2.16. The van der Waals surface area contributed by atoms with Crippen LogP contribution in [0.5, 0.6) is 0 Å². The molecule has 0 saturated heterocycles. The Morgan fingerprint density at radius 2 is 2.43 bits per heavy atom. The summed E-state index contributed by atoms with van der Waals surface area (Å²) in [5, 5.41) is 11.1. The van der Waals surface area contributed by atoms with Gasteiger partial charge in [0.2, 0.25) is 0 Å². The van der Waals surface area contributed by atoms with Gasteiger partial charge in [-0.1, -0.05) is 5.21 Å². The van der Waals surface area contributed by atoms with Gasteiger partial charge >= 0.3 is 0 Å². The predicted molar refractivity (Wildman–Crippen MR) is 53.6 cm³/mol. The van der Waals surface area contributed by atoms with Gasteiger partial charge in [-0.3, -0.25) is 4.68 Å². The minimum Gasteiger partial charge on any atom is -0.328 e. The van der Waals surface area contributed by atoms with E-state index in [0.717, 1.165) is 25.9 Å². The molecule has 1 saturated carbocycles. The fourth-order valence-electron chi connectivity index (χ4n) is 1.94. The van der Waals surface area contributed by atoms with Crippen molar-refractivity contribution >= 4 is 0 Å². The lowest BCUT2D eigenvalue weighted by molar-refractivity contribution is 0.471. The van der Waals surface area contributed by atoms with Gasteiger partial charge in [-0.05, 0) is 19.3 Å². The standard InChI is InChI=1S/C9H17N5/c10-8-1-2-9(7-8)11-3-5-14-6-4-12-13-14/h4,6,8-9,11H,1-3,5,7,10H2. The Bertz CT molecular complexity index is 258. The third-order valence-corrected chi connectivity index (χ3v) is 2.72. The van der Waals surface area contributed by atoms with Crippen molar-refractivity contribution in [2.24, 2.45) is 5.73 Å². The van der Waals surface area contributed by atoms with Gasteiger partial charge in [-0.25, -0.2) is 0 Å². The summed E-state index contributed by atoms with van der Waals surface area (Å²) in [5.74, 6) is 0. The Morgan fingerprint density at radius 3 is 3.07 bits per heavy atom. The summed E-state index contributed by atoms with van der Waals surface area (Å²) in [6.07, 6.45) is 7.05. The summed E-state index contributed by atoms with van der Waals surface area (Å²) in [7, 11) is 0. The molecule has 1 fully saturated rings. The monoisotopic (exact) mass is 195 g/mol. The molecule has 5 nitrogen and oxygen atoms in total. The van der Waals surface area contributed by atoms with Gasteiger partial charge in [-0.15, -0.1) is 5.10 Å². The Hall–Kier alpha value is -0.940. The predicted octanol–water partition coefficient (Wildman–Crippen LogP) is -0.253. The van der Waals surface area contributed by atoms with E-state index in [1.807, 2.05) is 10.9 Å². The Kier molecular flexibility index (Phi) is 3.10. The molecule has 0 aliphatic heterocycles. The number of rotatable bonds is 4. The summed E-state index contributed by atoms with van der Waals surface area (Å²) >= 11 is 0. The van der Waals surface area contributed by atoms with Crippen LogP contribution in [0.3, 0.4) is 0 Å². The number of hydrogen-bond acceptors (Lipinski definition) is 4. The van der Waals surface area contributed by atoms with Crippen molar-refractivity contribution in [1.29, 1.82) is 0 Å². The first-order valence-electron chi connectivity index (χ1n) is 5.17. The molecule has 0 amide bonds. The van der Waals surface area contributed by atoms with Gasteiger partial charge < -0.3 is 11.1 Å². The first kappa shape index (κ1) is 9.61. The summed E-state index contributed by atoms with van der Waals surface area (Å²) in [6.45, 7) is 1.83. The average molecular weight is 195 g/mol. The molecule has 0 spiro atoms. The SMILES string of the molecule is NC1CCC(NCCn2ccnn2)C1. The van der Waals surface area contributed by atoms with Crippen molar-refractivity contribution in [2.75, 3.05) is 6.54 Å². The zero-order chi connectivity index (χ0) is 9.80. The molecular weight excluding hydrogens is 178 g/mol. The quantitative estimate of drug-likeness (QED) is 0.695. The highest BCUT2D eigenvalue weighted by Gasteiger charge is 2.20. The molecular formula is C9H17N5. The Morgan fingerprint density at radius 1 is 1.50 bits per heavy atom. The van der Waals surface area contributed by atoms with Gasteiger partial charge in [0.05, 0.1) is 12.7 Å². The van der Waals surface area contributed by atoms with Crippen LogP contribution in [0.15, 0.2) is 12.4 Å². The summed E-state index contributed by atoms with van der Waals surface area (Å²) < 4.78 is 1.84. The molecule has 14 heavy (non-hydrogen) atoms. The van der Waals surface area contributed by atoms with Crippen LogP contribution in [-0.4, -0.2) is 33.6 Å². The minimum atomic E-state index is 0.402. The van der Waals surface area contributed by atoms with Crippen LogP contribution < -0.4 is 11.1 Å². The normalized spacial score (nSPS) is 26.9. The van der Waals surface area contributed by atoms with E-state index in [9.17, 15) is 0 Å². The second kappa shape index (κ2) is 4.52. The van der Waals surface area contributed by atoms with Crippen molar-refractivity contribution in [1.82, 2.24) is 20.3 Å². The fourth-order valence-corrected chi connectivity index (χ4v) is 1.94. The van der Waals surface area contributed by atoms with Crippen molar-refractivity contribution in [2.45, 2.75) is 37.9 Å². The van der Waals surface area contributed by atoms with E-state index in [4.69, 9.17) is 5.73 Å². The van der Waals surface area contributed by atoms with Gasteiger partial charge in [0.15, 0.2) is 0 Å².